The zero-order valence-corrected chi connectivity index (χ0v) is 19.0. The number of aliphatic imine (C=N–C) groups is 1. The highest BCUT2D eigenvalue weighted by molar-refractivity contribution is 14.0. The minimum absolute atomic E-state index is 0. The van der Waals surface area contributed by atoms with E-state index >= 15 is 0 Å². The number of halogens is 1. The number of benzene rings is 1. The van der Waals surface area contributed by atoms with Crippen LogP contribution in [0.25, 0.3) is 0 Å². The van der Waals surface area contributed by atoms with Crippen molar-refractivity contribution in [2.24, 2.45) is 10.7 Å². The maximum absolute atomic E-state index is 6.22. The van der Waals surface area contributed by atoms with Gasteiger partial charge in [0.05, 0.1) is 6.54 Å². The second kappa shape index (κ2) is 11.4. The molecule has 4 nitrogen and oxygen atoms in total. The molecule has 1 aromatic carbocycles. The smallest absolute Gasteiger partial charge is 0.191 e. The Morgan fingerprint density at radius 3 is 2.50 bits per heavy atom. The van der Waals surface area contributed by atoms with Gasteiger partial charge in [-0.1, -0.05) is 43.5 Å². The van der Waals surface area contributed by atoms with Crippen LogP contribution >= 0.6 is 35.7 Å². The summed E-state index contributed by atoms with van der Waals surface area (Å²) in [6.07, 6.45) is 6.86. The number of thioether (sulfide) groups is 1. The molecule has 0 radical (unpaired) electrons. The Labute approximate surface area is 180 Å². The summed E-state index contributed by atoms with van der Waals surface area (Å²) in [4.78, 5) is 9.44. The maximum Gasteiger partial charge on any atom is 0.191 e. The molecule has 0 bridgehead atoms. The van der Waals surface area contributed by atoms with Crippen LogP contribution in [0.2, 0.25) is 0 Å². The van der Waals surface area contributed by atoms with Crippen LogP contribution < -0.4 is 5.73 Å². The SMILES string of the molecule is CN(Cc1ccccc1CN=C(N)N1CCSCC1)C1CCCCC1.I. The topological polar surface area (TPSA) is 44.9 Å². The van der Waals surface area contributed by atoms with Crippen molar-refractivity contribution in [3.63, 3.8) is 0 Å². The number of hydrogen-bond acceptors (Lipinski definition) is 3. The van der Waals surface area contributed by atoms with Crippen LogP contribution in [-0.4, -0.2) is 53.4 Å². The summed E-state index contributed by atoms with van der Waals surface area (Å²) < 4.78 is 0. The number of hydrogen-bond donors (Lipinski definition) is 1. The zero-order valence-electron chi connectivity index (χ0n) is 15.9. The quantitative estimate of drug-likeness (QED) is 0.388. The van der Waals surface area contributed by atoms with Gasteiger partial charge in [0.1, 0.15) is 0 Å². The Balaban J connectivity index is 0.00000243. The molecule has 0 atom stereocenters. The Kier molecular flexibility index (Phi) is 9.56. The summed E-state index contributed by atoms with van der Waals surface area (Å²) in [5.41, 5.74) is 8.92. The van der Waals surface area contributed by atoms with E-state index in [4.69, 9.17) is 10.7 Å². The summed E-state index contributed by atoms with van der Waals surface area (Å²) in [6.45, 7) is 3.74. The van der Waals surface area contributed by atoms with Crippen LogP contribution in [0.4, 0.5) is 0 Å². The number of nitrogens with two attached hydrogens (primary N) is 1. The predicted molar refractivity (Wildman–Crippen MR) is 124 cm³/mol. The summed E-state index contributed by atoms with van der Waals surface area (Å²) in [7, 11) is 2.27. The molecule has 1 aromatic rings. The number of rotatable bonds is 5. The molecular weight excluding hydrogens is 455 g/mol. The second-order valence-corrected chi connectivity index (χ2v) is 8.47. The molecule has 1 aliphatic carbocycles. The molecule has 146 valence electrons. The molecule has 2 fully saturated rings. The molecule has 0 unspecified atom stereocenters. The number of guanidine groups is 1. The van der Waals surface area contributed by atoms with Crippen LogP contribution in [-0.2, 0) is 13.1 Å². The van der Waals surface area contributed by atoms with Crippen molar-refractivity contribution >= 4 is 41.7 Å². The Bertz CT molecular complexity index is 569. The molecule has 1 aliphatic heterocycles. The highest BCUT2D eigenvalue weighted by Gasteiger charge is 2.19. The van der Waals surface area contributed by atoms with E-state index in [1.165, 1.54) is 43.2 Å². The van der Waals surface area contributed by atoms with Crippen molar-refractivity contribution < 1.29 is 0 Å². The minimum atomic E-state index is 0. The molecule has 3 rings (SSSR count). The van der Waals surface area contributed by atoms with Crippen molar-refractivity contribution in [1.29, 1.82) is 0 Å². The third-order valence-corrected chi connectivity index (χ3v) is 6.43. The van der Waals surface area contributed by atoms with Crippen LogP contribution in [0.1, 0.15) is 43.2 Å². The first-order valence-electron chi connectivity index (χ1n) is 9.63. The fourth-order valence-corrected chi connectivity index (χ4v) is 4.75. The lowest BCUT2D eigenvalue weighted by Gasteiger charge is -2.31. The molecule has 1 saturated heterocycles. The first-order chi connectivity index (χ1) is 12.2. The first-order valence-corrected chi connectivity index (χ1v) is 10.8. The lowest BCUT2D eigenvalue weighted by Crippen LogP contribution is -2.42. The van der Waals surface area contributed by atoms with Crippen molar-refractivity contribution in [3.8, 4) is 0 Å². The number of nitrogens with zero attached hydrogens (tertiary/aromatic N) is 3. The average molecular weight is 488 g/mol. The van der Waals surface area contributed by atoms with E-state index in [0.29, 0.717) is 12.5 Å². The third-order valence-electron chi connectivity index (χ3n) is 5.48. The standard InChI is InChI=1S/C20H32N4S.HI/c1-23(19-9-3-2-4-10-19)16-18-8-6-5-7-17(18)15-22-20(21)24-11-13-25-14-12-24;/h5-8,19H,2-4,9-16H2,1H3,(H2,21,22);1H. The lowest BCUT2D eigenvalue weighted by molar-refractivity contribution is 0.184. The molecule has 0 amide bonds. The van der Waals surface area contributed by atoms with Gasteiger partial charge >= 0.3 is 0 Å². The van der Waals surface area contributed by atoms with E-state index in [-0.39, 0.29) is 24.0 Å². The summed E-state index contributed by atoms with van der Waals surface area (Å²) >= 11 is 2.00. The van der Waals surface area contributed by atoms with Gasteiger partial charge in [-0.3, -0.25) is 4.90 Å². The van der Waals surface area contributed by atoms with E-state index in [1.807, 2.05) is 11.8 Å². The molecule has 6 heteroatoms. The molecule has 1 heterocycles. The molecule has 0 aromatic heterocycles. The van der Waals surface area contributed by atoms with Crippen molar-refractivity contribution in [1.82, 2.24) is 9.80 Å². The van der Waals surface area contributed by atoms with E-state index < -0.39 is 0 Å². The van der Waals surface area contributed by atoms with Crippen LogP contribution in [0.3, 0.4) is 0 Å². The monoisotopic (exact) mass is 488 g/mol. The Morgan fingerprint density at radius 1 is 1.15 bits per heavy atom. The molecule has 2 aliphatic rings. The van der Waals surface area contributed by atoms with Gasteiger partial charge in [0.15, 0.2) is 5.96 Å². The largest absolute Gasteiger partial charge is 0.370 e. The second-order valence-electron chi connectivity index (χ2n) is 7.25. The van der Waals surface area contributed by atoms with E-state index in [9.17, 15) is 0 Å². The molecule has 2 N–H and O–H groups in total. The van der Waals surface area contributed by atoms with Gasteiger partial charge in [0, 0.05) is 37.2 Å². The molecule has 0 spiro atoms. The normalized spacial score (nSPS) is 19.5. The lowest BCUT2D eigenvalue weighted by atomic mass is 9.94. The van der Waals surface area contributed by atoms with E-state index in [0.717, 1.165) is 37.2 Å². The van der Waals surface area contributed by atoms with Crippen LogP contribution in [0.15, 0.2) is 29.3 Å². The summed E-state index contributed by atoms with van der Waals surface area (Å²) in [6, 6.07) is 9.44. The van der Waals surface area contributed by atoms with Crippen molar-refractivity contribution in [2.45, 2.75) is 51.2 Å². The van der Waals surface area contributed by atoms with Crippen LogP contribution in [0.5, 0.6) is 0 Å². The van der Waals surface area contributed by atoms with E-state index in [2.05, 4.69) is 41.1 Å². The molecular formula is C20H33IN4S. The fraction of sp³-hybridized carbons (Fsp3) is 0.650. The average Bonchev–Trinajstić information content (AvgIpc) is 2.68. The van der Waals surface area contributed by atoms with Gasteiger partial charge in [-0.2, -0.15) is 11.8 Å². The highest BCUT2D eigenvalue weighted by atomic mass is 127. The van der Waals surface area contributed by atoms with Gasteiger partial charge in [-0.25, -0.2) is 4.99 Å². The predicted octanol–water partition coefficient (Wildman–Crippen LogP) is 3.93. The third kappa shape index (κ3) is 6.30. The van der Waals surface area contributed by atoms with Gasteiger partial charge < -0.3 is 10.6 Å². The van der Waals surface area contributed by atoms with Gasteiger partial charge in [0.2, 0.25) is 0 Å². The first kappa shape index (κ1) is 21.8. The van der Waals surface area contributed by atoms with Gasteiger partial charge in [-0.05, 0) is 31.0 Å². The molecule has 1 saturated carbocycles. The maximum atomic E-state index is 6.22. The minimum Gasteiger partial charge on any atom is -0.370 e. The molecule has 26 heavy (non-hydrogen) atoms. The Hall–Kier alpha value is -0.470. The summed E-state index contributed by atoms with van der Waals surface area (Å²) in [5, 5.41) is 0. The summed E-state index contributed by atoms with van der Waals surface area (Å²) in [5.74, 6) is 3.01. The van der Waals surface area contributed by atoms with Crippen molar-refractivity contribution in [3.05, 3.63) is 35.4 Å². The Morgan fingerprint density at radius 2 is 1.81 bits per heavy atom. The van der Waals surface area contributed by atoms with Gasteiger partial charge in [0.25, 0.3) is 0 Å². The van der Waals surface area contributed by atoms with Crippen molar-refractivity contribution in [2.75, 3.05) is 31.6 Å². The van der Waals surface area contributed by atoms with Crippen LogP contribution in [0, 0.1) is 0 Å². The fourth-order valence-electron chi connectivity index (χ4n) is 3.84. The van der Waals surface area contributed by atoms with Gasteiger partial charge in [-0.15, -0.1) is 24.0 Å². The van der Waals surface area contributed by atoms with E-state index in [1.54, 1.807) is 0 Å². The highest BCUT2D eigenvalue weighted by Crippen LogP contribution is 2.23. The zero-order chi connectivity index (χ0) is 17.5.